The third-order valence-corrected chi connectivity index (χ3v) is 3.04. The SMILES string of the molecule is O=C(O)CC(Sc1cccc(F)c1)C(F)(F)F. The first-order chi connectivity index (χ1) is 7.79. The lowest BCUT2D eigenvalue weighted by Crippen LogP contribution is -2.28. The molecule has 1 N–H and O–H groups in total. The maximum atomic E-state index is 12.8. The average molecular weight is 268 g/mol. The Morgan fingerprint density at radius 2 is 2.06 bits per heavy atom. The molecule has 0 radical (unpaired) electrons. The summed E-state index contributed by atoms with van der Waals surface area (Å²) in [5, 5.41) is 6.31. The number of rotatable bonds is 4. The predicted molar refractivity (Wildman–Crippen MR) is 54.4 cm³/mol. The summed E-state index contributed by atoms with van der Waals surface area (Å²) in [6.07, 6.45) is -5.69. The molecule has 0 amide bonds. The molecule has 17 heavy (non-hydrogen) atoms. The van der Waals surface area contributed by atoms with Crippen molar-refractivity contribution in [2.75, 3.05) is 0 Å². The van der Waals surface area contributed by atoms with Crippen molar-refractivity contribution in [2.24, 2.45) is 0 Å². The fraction of sp³-hybridized carbons (Fsp3) is 0.300. The fourth-order valence-corrected chi connectivity index (χ4v) is 2.11. The van der Waals surface area contributed by atoms with Gasteiger partial charge in [-0.05, 0) is 18.2 Å². The van der Waals surface area contributed by atoms with Crippen LogP contribution in [0.15, 0.2) is 29.2 Å². The first-order valence-electron chi connectivity index (χ1n) is 4.50. The van der Waals surface area contributed by atoms with Gasteiger partial charge in [0.2, 0.25) is 0 Å². The highest BCUT2D eigenvalue weighted by molar-refractivity contribution is 8.00. The molecule has 1 aromatic rings. The van der Waals surface area contributed by atoms with Crippen LogP contribution in [0.1, 0.15) is 6.42 Å². The molecule has 0 fully saturated rings. The largest absolute Gasteiger partial charge is 0.481 e. The van der Waals surface area contributed by atoms with Gasteiger partial charge in [-0.2, -0.15) is 13.2 Å². The first-order valence-corrected chi connectivity index (χ1v) is 5.37. The Morgan fingerprint density at radius 3 is 2.53 bits per heavy atom. The van der Waals surface area contributed by atoms with E-state index in [1.165, 1.54) is 12.1 Å². The van der Waals surface area contributed by atoms with Gasteiger partial charge in [0.05, 0.1) is 6.42 Å². The third-order valence-electron chi connectivity index (χ3n) is 1.80. The number of hydrogen-bond acceptors (Lipinski definition) is 2. The quantitative estimate of drug-likeness (QED) is 0.672. The molecule has 0 saturated carbocycles. The summed E-state index contributed by atoms with van der Waals surface area (Å²) >= 11 is 0.292. The third kappa shape index (κ3) is 4.64. The zero-order chi connectivity index (χ0) is 13.1. The molecule has 2 nitrogen and oxygen atoms in total. The highest BCUT2D eigenvalue weighted by Crippen LogP contribution is 2.37. The smallest absolute Gasteiger partial charge is 0.401 e. The second-order valence-corrected chi connectivity index (χ2v) is 4.48. The van der Waals surface area contributed by atoms with Crippen molar-refractivity contribution in [2.45, 2.75) is 22.7 Å². The summed E-state index contributed by atoms with van der Waals surface area (Å²) in [6.45, 7) is 0. The molecular weight excluding hydrogens is 260 g/mol. The van der Waals surface area contributed by atoms with Crippen LogP contribution in [0.5, 0.6) is 0 Å². The zero-order valence-corrected chi connectivity index (χ0v) is 9.19. The Balaban J connectivity index is 2.83. The molecule has 1 rings (SSSR count). The van der Waals surface area contributed by atoms with Gasteiger partial charge >= 0.3 is 12.1 Å². The lowest BCUT2D eigenvalue weighted by molar-refractivity contribution is -0.149. The van der Waals surface area contributed by atoms with Crippen molar-refractivity contribution in [3.8, 4) is 0 Å². The van der Waals surface area contributed by atoms with E-state index < -0.39 is 29.6 Å². The van der Waals surface area contributed by atoms with Gasteiger partial charge in [0.15, 0.2) is 0 Å². The van der Waals surface area contributed by atoms with E-state index in [1.54, 1.807) is 0 Å². The molecule has 0 heterocycles. The summed E-state index contributed by atoms with van der Waals surface area (Å²) in [4.78, 5) is 10.4. The Kier molecular flexibility index (Phi) is 4.39. The van der Waals surface area contributed by atoms with E-state index in [-0.39, 0.29) is 4.90 Å². The second kappa shape index (κ2) is 5.39. The molecule has 0 saturated heterocycles. The van der Waals surface area contributed by atoms with E-state index >= 15 is 0 Å². The summed E-state index contributed by atoms with van der Waals surface area (Å²) in [7, 11) is 0. The molecule has 7 heteroatoms. The Bertz CT molecular complexity index is 406. The number of halogens is 4. The number of thioether (sulfide) groups is 1. The van der Waals surface area contributed by atoms with E-state index in [9.17, 15) is 22.4 Å². The van der Waals surface area contributed by atoms with E-state index in [2.05, 4.69) is 0 Å². The summed E-state index contributed by atoms with van der Waals surface area (Å²) in [5.74, 6) is -2.21. The van der Waals surface area contributed by atoms with Gasteiger partial charge in [-0.15, -0.1) is 11.8 Å². The zero-order valence-electron chi connectivity index (χ0n) is 8.37. The molecule has 1 atom stereocenters. The fourth-order valence-electron chi connectivity index (χ4n) is 1.09. The predicted octanol–water partition coefficient (Wildman–Crippen LogP) is 3.32. The van der Waals surface area contributed by atoms with Gasteiger partial charge in [0.25, 0.3) is 0 Å². The molecule has 94 valence electrons. The highest BCUT2D eigenvalue weighted by atomic mass is 32.2. The number of hydrogen-bond donors (Lipinski definition) is 1. The molecule has 0 aromatic heterocycles. The van der Waals surface area contributed by atoms with Gasteiger partial charge in [-0.3, -0.25) is 4.79 Å². The molecule has 1 aromatic carbocycles. The van der Waals surface area contributed by atoms with Crippen molar-refractivity contribution in [3.63, 3.8) is 0 Å². The summed E-state index contributed by atoms with van der Waals surface area (Å²) in [6, 6.07) is 4.61. The van der Waals surface area contributed by atoms with Crippen molar-refractivity contribution < 1.29 is 27.5 Å². The summed E-state index contributed by atoms with van der Waals surface area (Å²) in [5.41, 5.74) is 0. The van der Waals surface area contributed by atoms with Crippen LogP contribution < -0.4 is 0 Å². The van der Waals surface area contributed by atoms with Crippen LogP contribution in [0.25, 0.3) is 0 Å². The minimum atomic E-state index is -4.64. The number of carboxylic acid groups (broad SMARTS) is 1. The number of carboxylic acids is 1. The Morgan fingerprint density at radius 1 is 1.41 bits per heavy atom. The lowest BCUT2D eigenvalue weighted by atomic mass is 10.3. The second-order valence-electron chi connectivity index (χ2n) is 3.20. The van der Waals surface area contributed by atoms with Gasteiger partial charge in [-0.1, -0.05) is 6.07 Å². The van der Waals surface area contributed by atoms with E-state index in [0.29, 0.717) is 11.8 Å². The van der Waals surface area contributed by atoms with E-state index in [1.807, 2.05) is 0 Å². The Labute approximate surface area is 98.6 Å². The van der Waals surface area contributed by atoms with E-state index in [4.69, 9.17) is 5.11 Å². The van der Waals surface area contributed by atoms with Crippen LogP contribution in [-0.2, 0) is 4.79 Å². The maximum absolute atomic E-state index is 12.8. The topological polar surface area (TPSA) is 37.3 Å². The maximum Gasteiger partial charge on any atom is 0.401 e. The molecular formula is C10H8F4O2S. The standard InChI is InChI=1S/C10H8F4O2S/c11-6-2-1-3-7(4-6)17-8(5-9(15)16)10(12,13)14/h1-4,8H,5H2,(H,15,16). The first kappa shape index (κ1) is 13.8. The number of benzene rings is 1. The lowest BCUT2D eigenvalue weighted by Gasteiger charge is -2.17. The van der Waals surface area contributed by atoms with Crippen LogP contribution >= 0.6 is 11.8 Å². The van der Waals surface area contributed by atoms with Gasteiger partial charge in [0, 0.05) is 4.90 Å². The molecule has 0 aliphatic carbocycles. The minimum Gasteiger partial charge on any atom is -0.481 e. The minimum absolute atomic E-state index is 0.0496. The molecule has 0 aliphatic heterocycles. The van der Waals surface area contributed by atoms with Crippen LogP contribution in [0.3, 0.4) is 0 Å². The Hall–Kier alpha value is -1.24. The van der Waals surface area contributed by atoms with Crippen LogP contribution in [0, 0.1) is 5.82 Å². The van der Waals surface area contributed by atoms with Crippen molar-refractivity contribution in [1.82, 2.24) is 0 Å². The molecule has 0 spiro atoms. The van der Waals surface area contributed by atoms with Crippen LogP contribution in [0.4, 0.5) is 17.6 Å². The number of carbonyl (C=O) groups is 1. The molecule has 0 aliphatic rings. The monoisotopic (exact) mass is 268 g/mol. The summed E-state index contributed by atoms with van der Waals surface area (Å²) < 4.78 is 50.2. The van der Waals surface area contributed by atoms with Gasteiger partial charge in [0.1, 0.15) is 11.1 Å². The van der Waals surface area contributed by atoms with Crippen LogP contribution in [0.2, 0.25) is 0 Å². The normalized spacial score (nSPS) is 13.4. The van der Waals surface area contributed by atoms with Crippen molar-refractivity contribution >= 4 is 17.7 Å². The van der Waals surface area contributed by atoms with Gasteiger partial charge < -0.3 is 5.11 Å². The highest BCUT2D eigenvalue weighted by Gasteiger charge is 2.41. The van der Waals surface area contributed by atoms with Gasteiger partial charge in [-0.25, -0.2) is 4.39 Å². The van der Waals surface area contributed by atoms with Crippen molar-refractivity contribution in [1.29, 1.82) is 0 Å². The molecule has 1 unspecified atom stereocenters. The number of aliphatic carboxylic acids is 1. The van der Waals surface area contributed by atoms with Crippen LogP contribution in [-0.4, -0.2) is 22.5 Å². The average Bonchev–Trinajstić information content (AvgIpc) is 2.14. The number of alkyl halides is 3. The molecule has 0 bridgehead atoms. The van der Waals surface area contributed by atoms with Crippen molar-refractivity contribution in [3.05, 3.63) is 30.1 Å². The van der Waals surface area contributed by atoms with E-state index in [0.717, 1.165) is 12.1 Å².